The molecular formula is C34H50N2O2S. The van der Waals surface area contributed by atoms with E-state index in [4.69, 9.17) is 4.74 Å². The van der Waals surface area contributed by atoms with Gasteiger partial charge in [-0.1, -0.05) is 46.5 Å². The Morgan fingerprint density at radius 1 is 1.08 bits per heavy atom. The van der Waals surface area contributed by atoms with E-state index in [9.17, 15) is 4.79 Å². The van der Waals surface area contributed by atoms with Crippen LogP contribution in [0.15, 0.2) is 18.2 Å². The van der Waals surface area contributed by atoms with E-state index >= 15 is 0 Å². The summed E-state index contributed by atoms with van der Waals surface area (Å²) < 4.78 is 8.86. The SMILES string of the molecule is CSCCCCCNC(=O)c1cc(-c2cc(C(C)(C)C)c3c(c2)C2(CCO3)CC2)n(CC2CCCCC2)c1C. The highest BCUT2D eigenvalue weighted by molar-refractivity contribution is 7.98. The van der Waals surface area contributed by atoms with Gasteiger partial charge in [-0.05, 0) is 99.0 Å². The first kappa shape index (κ1) is 28.6. The van der Waals surface area contributed by atoms with Gasteiger partial charge >= 0.3 is 0 Å². The number of hydrogen-bond acceptors (Lipinski definition) is 3. The molecule has 1 amide bonds. The molecule has 39 heavy (non-hydrogen) atoms. The van der Waals surface area contributed by atoms with Crippen LogP contribution in [0.25, 0.3) is 11.3 Å². The third kappa shape index (κ3) is 6.24. The number of nitrogens with one attached hydrogen (secondary N) is 1. The molecule has 1 aromatic carbocycles. The number of nitrogens with zero attached hydrogens (tertiary/aromatic N) is 1. The van der Waals surface area contributed by atoms with E-state index in [1.807, 2.05) is 11.8 Å². The van der Waals surface area contributed by atoms with Gasteiger partial charge in [0.1, 0.15) is 5.75 Å². The maximum Gasteiger partial charge on any atom is 0.253 e. The number of ether oxygens (including phenoxy) is 1. The highest BCUT2D eigenvalue weighted by Gasteiger charge is 2.49. The Morgan fingerprint density at radius 3 is 2.54 bits per heavy atom. The molecule has 2 aromatic rings. The second-order valence-electron chi connectivity index (χ2n) is 13.5. The molecule has 2 saturated carbocycles. The Kier molecular flexibility index (Phi) is 8.76. The van der Waals surface area contributed by atoms with E-state index in [-0.39, 0.29) is 11.3 Å². The van der Waals surface area contributed by atoms with Crippen molar-refractivity contribution < 1.29 is 9.53 Å². The van der Waals surface area contributed by atoms with Crippen LogP contribution >= 0.6 is 11.8 Å². The molecule has 3 aliphatic rings. The molecule has 0 unspecified atom stereocenters. The molecule has 1 spiro atoms. The minimum Gasteiger partial charge on any atom is -0.493 e. The molecule has 5 rings (SSSR count). The van der Waals surface area contributed by atoms with Gasteiger partial charge in [0, 0.05) is 41.0 Å². The van der Waals surface area contributed by atoms with Crippen molar-refractivity contribution in [2.24, 2.45) is 5.92 Å². The van der Waals surface area contributed by atoms with Crippen molar-refractivity contribution in [3.8, 4) is 17.0 Å². The number of thioether (sulfide) groups is 1. The average Bonchev–Trinajstić information content (AvgIpc) is 3.62. The zero-order valence-electron chi connectivity index (χ0n) is 25.1. The summed E-state index contributed by atoms with van der Waals surface area (Å²) in [5, 5.41) is 3.24. The second-order valence-corrected chi connectivity index (χ2v) is 14.5. The third-order valence-electron chi connectivity index (χ3n) is 9.53. The Hall–Kier alpha value is -1.88. The normalized spacial score (nSPS) is 18.6. The lowest BCUT2D eigenvalue weighted by Crippen LogP contribution is -2.25. The first-order valence-electron chi connectivity index (χ1n) is 15.5. The number of carbonyl (C=O) groups is 1. The molecule has 2 heterocycles. The molecule has 0 radical (unpaired) electrons. The fraction of sp³-hybridized carbons (Fsp3) is 0.676. The van der Waals surface area contributed by atoms with Crippen molar-refractivity contribution >= 4 is 17.7 Å². The maximum atomic E-state index is 13.5. The fourth-order valence-electron chi connectivity index (χ4n) is 6.86. The number of hydrogen-bond donors (Lipinski definition) is 1. The predicted molar refractivity (Wildman–Crippen MR) is 165 cm³/mol. The molecule has 1 aliphatic heterocycles. The highest BCUT2D eigenvalue weighted by atomic mass is 32.2. The summed E-state index contributed by atoms with van der Waals surface area (Å²) in [7, 11) is 0. The van der Waals surface area contributed by atoms with Crippen LogP contribution in [0.5, 0.6) is 5.75 Å². The first-order chi connectivity index (χ1) is 18.7. The van der Waals surface area contributed by atoms with Crippen LogP contribution in [-0.4, -0.2) is 35.6 Å². The molecule has 1 N–H and O–H groups in total. The summed E-state index contributed by atoms with van der Waals surface area (Å²) in [5.41, 5.74) is 7.43. The van der Waals surface area contributed by atoms with Gasteiger partial charge < -0.3 is 14.6 Å². The molecule has 5 heteroatoms. The number of unbranched alkanes of at least 4 members (excludes halogenated alkanes) is 2. The number of amides is 1. The number of fused-ring (bicyclic) bond motifs is 2. The first-order valence-corrected chi connectivity index (χ1v) is 16.9. The number of carbonyl (C=O) groups excluding carboxylic acids is 1. The topological polar surface area (TPSA) is 43.3 Å². The largest absolute Gasteiger partial charge is 0.493 e. The zero-order valence-corrected chi connectivity index (χ0v) is 25.9. The number of rotatable bonds is 10. The minimum atomic E-state index is -0.0140. The van der Waals surface area contributed by atoms with Crippen LogP contribution in [0, 0.1) is 12.8 Å². The Bertz CT molecular complexity index is 1150. The average molecular weight is 551 g/mol. The standard InChI is InChI=1S/C34H50N2O2S/c1-24-27(32(37)35-17-10-7-11-19-39-5)22-30(36(24)23-25-12-8-6-9-13-25)26-20-28(33(2,3)4)31-29(21-26)34(14-15-34)16-18-38-31/h20-22,25H,6-19,23H2,1-5H3,(H,35,37). The van der Waals surface area contributed by atoms with Gasteiger partial charge in [-0.3, -0.25) is 4.79 Å². The van der Waals surface area contributed by atoms with E-state index < -0.39 is 0 Å². The van der Waals surface area contributed by atoms with Crippen molar-refractivity contribution in [3.05, 3.63) is 40.6 Å². The lowest BCUT2D eigenvalue weighted by molar-refractivity contribution is 0.0952. The second kappa shape index (κ2) is 11.9. The van der Waals surface area contributed by atoms with Crippen LogP contribution in [0.1, 0.15) is 119 Å². The van der Waals surface area contributed by atoms with Gasteiger partial charge in [0.15, 0.2) is 0 Å². The molecule has 4 nitrogen and oxygen atoms in total. The Labute approximate surface area is 241 Å². The lowest BCUT2D eigenvalue weighted by Gasteiger charge is -2.33. The molecule has 214 valence electrons. The molecule has 0 atom stereocenters. The van der Waals surface area contributed by atoms with E-state index in [1.165, 1.54) is 85.9 Å². The monoisotopic (exact) mass is 550 g/mol. The van der Waals surface area contributed by atoms with Crippen molar-refractivity contribution in [1.82, 2.24) is 9.88 Å². The smallest absolute Gasteiger partial charge is 0.253 e. The van der Waals surface area contributed by atoms with E-state index in [0.717, 1.165) is 49.5 Å². The van der Waals surface area contributed by atoms with Crippen molar-refractivity contribution in [2.45, 2.75) is 116 Å². The van der Waals surface area contributed by atoms with Gasteiger partial charge in [0.05, 0.1) is 12.2 Å². The minimum absolute atomic E-state index is 0.0140. The molecule has 2 fully saturated rings. The quantitative estimate of drug-likeness (QED) is 0.302. The predicted octanol–water partition coefficient (Wildman–Crippen LogP) is 8.42. The van der Waals surface area contributed by atoms with Crippen LogP contribution < -0.4 is 10.1 Å². The summed E-state index contributed by atoms with van der Waals surface area (Å²) in [5.74, 6) is 3.10. The van der Waals surface area contributed by atoms with Crippen molar-refractivity contribution in [3.63, 3.8) is 0 Å². The summed E-state index contributed by atoms with van der Waals surface area (Å²) >= 11 is 1.90. The van der Waals surface area contributed by atoms with E-state index in [1.54, 1.807) is 0 Å². The maximum absolute atomic E-state index is 13.5. The molecule has 1 aromatic heterocycles. The summed E-state index contributed by atoms with van der Waals surface area (Å²) in [6, 6.07) is 6.99. The Balaban J connectivity index is 1.51. The lowest BCUT2D eigenvalue weighted by atomic mass is 9.79. The molecule has 0 saturated heterocycles. The summed E-state index contributed by atoms with van der Waals surface area (Å²) in [6.07, 6.45) is 15.9. The van der Waals surface area contributed by atoms with Gasteiger partial charge in [-0.15, -0.1) is 0 Å². The van der Waals surface area contributed by atoms with Crippen LogP contribution in [0.3, 0.4) is 0 Å². The molecule has 2 aliphatic carbocycles. The van der Waals surface area contributed by atoms with Gasteiger partial charge in [-0.2, -0.15) is 11.8 Å². The van der Waals surface area contributed by atoms with E-state index in [0.29, 0.717) is 11.3 Å². The number of aromatic nitrogens is 1. The van der Waals surface area contributed by atoms with Crippen molar-refractivity contribution in [2.75, 3.05) is 25.2 Å². The summed E-state index contributed by atoms with van der Waals surface area (Å²) in [4.78, 5) is 13.5. The third-order valence-corrected chi connectivity index (χ3v) is 10.2. The fourth-order valence-corrected chi connectivity index (χ4v) is 7.35. The highest BCUT2D eigenvalue weighted by Crippen LogP contribution is 2.58. The van der Waals surface area contributed by atoms with Gasteiger partial charge in [-0.25, -0.2) is 0 Å². The Morgan fingerprint density at radius 2 is 1.85 bits per heavy atom. The van der Waals surface area contributed by atoms with Crippen molar-refractivity contribution in [1.29, 1.82) is 0 Å². The van der Waals surface area contributed by atoms with E-state index in [2.05, 4.69) is 62.0 Å². The van der Waals surface area contributed by atoms with Crippen LogP contribution in [0.4, 0.5) is 0 Å². The zero-order chi connectivity index (χ0) is 27.6. The van der Waals surface area contributed by atoms with Crippen LogP contribution in [0.2, 0.25) is 0 Å². The van der Waals surface area contributed by atoms with Gasteiger partial charge in [0.2, 0.25) is 0 Å². The molecule has 0 bridgehead atoms. The van der Waals surface area contributed by atoms with Gasteiger partial charge in [0.25, 0.3) is 5.91 Å². The number of benzene rings is 1. The molecular weight excluding hydrogens is 500 g/mol. The van der Waals surface area contributed by atoms with Crippen LogP contribution in [-0.2, 0) is 17.4 Å². The summed E-state index contributed by atoms with van der Waals surface area (Å²) in [6.45, 7) is 11.6.